The quantitative estimate of drug-likeness (QED) is 0.896. The van der Waals surface area contributed by atoms with E-state index in [2.05, 4.69) is 15.0 Å². The lowest BCUT2D eigenvalue weighted by molar-refractivity contribution is 0.0690. The number of imidazole rings is 1. The molecule has 21 heavy (non-hydrogen) atoms. The summed E-state index contributed by atoms with van der Waals surface area (Å²) in [5.41, 5.74) is -0.285. The minimum atomic E-state index is -1.25. The summed E-state index contributed by atoms with van der Waals surface area (Å²) in [6.07, 6.45) is 2.52. The zero-order valence-corrected chi connectivity index (χ0v) is 11.3. The summed E-state index contributed by atoms with van der Waals surface area (Å²) in [5.74, 6) is -0.897. The van der Waals surface area contributed by atoms with E-state index in [9.17, 15) is 9.90 Å². The standard InChI is InChI=1S/C13H10N6O2/c1-7(2)12-16-5-10(11(18-12)13(20)21)19-6-17-8(3-14)9(19)4-15/h5-7H,1-2H3,(H,20,21). The Kier molecular flexibility index (Phi) is 3.63. The van der Waals surface area contributed by atoms with Crippen molar-refractivity contribution in [1.29, 1.82) is 10.5 Å². The van der Waals surface area contributed by atoms with E-state index in [1.54, 1.807) is 6.07 Å². The average molecular weight is 282 g/mol. The maximum Gasteiger partial charge on any atom is 0.356 e. The van der Waals surface area contributed by atoms with Gasteiger partial charge in [0.1, 0.15) is 24.3 Å². The van der Waals surface area contributed by atoms with Gasteiger partial charge in [-0.15, -0.1) is 0 Å². The topological polar surface area (TPSA) is 128 Å². The Morgan fingerprint density at radius 2 is 2.05 bits per heavy atom. The molecule has 0 aliphatic rings. The summed E-state index contributed by atoms with van der Waals surface area (Å²) in [7, 11) is 0. The monoisotopic (exact) mass is 282 g/mol. The molecule has 1 N–H and O–H groups in total. The summed E-state index contributed by atoms with van der Waals surface area (Å²) >= 11 is 0. The lowest BCUT2D eigenvalue weighted by Crippen LogP contribution is -2.13. The SMILES string of the molecule is CC(C)c1ncc(-n2cnc(C#N)c2C#N)c(C(=O)O)n1. The number of nitriles is 2. The second-order valence-corrected chi connectivity index (χ2v) is 4.46. The number of carboxylic acid groups (broad SMARTS) is 1. The van der Waals surface area contributed by atoms with Crippen LogP contribution in [-0.2, 0) is 0 Å². The number of hydrogen-bond donors (Lipinski definition) is 1. The van der Waals surface area contributed by atoms with Gasteiger partial charge < -0.3 is 5.11 Å². The molecule has 0 fully saturated rings. The molecule has 0 amide bonds. The van der Waals surface area contributed by atoms with E-state index in [1.165, 1.54) is 17.1 Å². The zero-order chi connectivity index (χ0) is 15.6. The second-order valence-electron chi connectivity index (χ2n) is 4.46. The molecule has 0 saturated carbocycles. The van der Waals surface area contributed by atoms with Gasteiger partial charge in [-0.05, 0) is 0 Å². The summed E-state index contributed by atoms with van der Waals surface area (Å²) in [6.45, 7) is 3.68. The molecule has 2 rings (SSSR count). The van der Waals surface area contributed by atoms with Crippen LogP contribution < -0.4 is 0 Å². The highest BCUT2D eigenvalue weighted by Crippen LogP contribution is 2.19. The van der Waals surface area contributed by atoms with Crippen LogP contribution in [0.2, 0.25) is 0 Å². The Labute approximate surface area is 119 Å². The minimum Gasteiger partial charge on any atom is -0.476 e. The molecule has 2 heterocycles. The van der Waals surface area contributed by atoms with Gasteiger partial charge in [-0.2, -0.15) is 10.5 Å². The number of aromatic nitrogens is 4. The van der Waals surface area contributed by atoms with Crippen molar-refractivity contribution < 1.29 is 9.90 Å². The van der Waals surface area contributed by atoms with Crippen LogP contribution in [0.1, 0.15) is 47.5 Å². The highest BCUT2D eigenvalue weighted by atomic mass is 16.4. The van der Waals surface area contributed by atoms with E-state index >= 15 is 0 Å². The summed E-state index contributed by atoms with van der Waals surface area (Å²) in [4.78, 5) is 23.2. The molecule has 0 saturated heterocycles. The van der Waals surface area contributed by atoms with Gasteiger partial charge in [-0.3, -0.25) is 4.57 Å². The highest BCUT2D eigenvalue weighted by Gasteiger charge is 2.20. The summed E-state index contributed by atoms with van der Waals surface area (Å²) in [6, 6.07) is 3.60. The van der Waals surface area contributed by atoms with Crippen molar-refractivity contribution in [3.63, 3.8) is 0 Å². The van der Waals surface area contributed by atoms with E-state index in [4.69, 9.17) is 10.5 Å². The first kappa shape index (κ1) is 14.2. The molecule has 8 nitrogen and oxygen atoms in total. The van der Waals surface area contributed by atoms with Crippen LogP contribution in [0, 0.1) is 22.7 Å². The molecule has 0 radical (unpaired) electrons. The number of nitrogens with zero attached hydrogens (tertiary/aromatic N) is 6. The van der Waals surface area contributed by atoms with Crippen molar-refractivity contribution in [3.8, 4) is 17.8 Å². The van der Waals surface area contributed by atoms with Crippen molar-refractivity contribution in [2.24, 2.45) is 0 Å². The molecule has 0 aromatic carbocycles. The molecule has 0 atom stereocenters. The fourth-order valence-electron chi connectivity index (χ4n) is 1.72. The second kappa shape index (κ2) is 5.39. The zero-order valence-electron chi connectivity index (χ0n) is 11.3. The average Bonchev–Trinajstić information content (AvgIpc) is 2.88. The maximum atomic E-state index is 11.4. The van der Waals surface area contributed by atoms with Crippen molar-refractivity contribution in [1.82, 2.24) is 19.5 Å². The molecule has 2 aromatic rings. The van der Waals surface area contributed by atoms with Gasteiger partial charge in [-0.1, -0.05) is 13.8 Å². The van der Waals surface area contributed by atoms with Crippen LogP contribution in [-0.4, -0.2) is 30.6 Å². The number of aromatic carboxylic acids is 1. The third-order valence-electron chi connectivity index (χ3n) is 2.75. The predicted octanol–water partition coefficient (Wildman–Crippen LogP) is 1.23. The van der Waals surface area contributed by atoms with Crippen LogP contribution in [0.3, 0.4) is 0 Å². The van der Waals surface area contributed by atoms with E-state index in [0.717, 1.165) is 0 Å². The number of carboxylic acids is 1. The Hall–Kier alpha value is -3.26. The predicted molar refractivity (Wildman–Crippen MR) is 69.6 cm³/mol. The van der Waals surface area contributed by atoms with Gasteiger partial charge in [0.15, 0.2) is 17.1 Å². The largest absolute Gasteiger partial charge is 0.476 e. The van der Waals surface area contributed by atoms with Crippen LogP contribution in [0.25, 0.3) is 5.69 Å². The number of rotatable bonds is 3. The molecule has 0 aliphatic carbocycles. The Balaban J connectivity index is 2.71. The van der Waals surface area contributed by atoms with E-state index < -0.39 is 5.97 Å². The molecule has 2 aromatic heterocycles. The fourth-order valence-corrected chi connectivity index (χ4v) is 1.72. The van der Waals surface area contributed by atoms with Crippen molar-refractivity contribution in [2.45, 2.75) is 19.8 Å². The normalized spacial score (nSPS) is 10.1. The number of hydrogen-bond acceptors (Lipinski definition) is 6. The van der Waals surface area contributed by atoms with Crippen LogP contribution >= 0.6 is 0 Å². The van der Waals surface area contributed by atoms with Gasteiger partial charge >= 0.3 is 5.97 Å². The molecule has 104 valence electrons. The number of carbonyl (C=O) groups is 1. The molecule has 8 heteroatoms. The van der Waals surface area contributed by atoms with Crippen molar-refractivity contribution in [2.75, 3.05) is 0 Å². The molecular weight excluding hydrogens is 272 g/mol. The molecule has 0 aliphatic heterocycles. The smallest absolute Gasteiger partial charge is 0.356 e. The van der Waals surface area contributed by atoms with Crippen LogP contribution in [0.4, 0.5) is 0 Å². The van der Waals surface area contributed by atoms with Crippen LogP contribution in [0.5, 0.6) is 0 Å². The third-order valence-corrected chi connectivity index (χ3v) is 2.75. The van der Waals surface area contributed by atoms with Crippen molar-refractivity contribution in [3.05, 3.63) is 35.4 Å². The van der Waals surface area contributed by atoms with Crippen molar-refractivity contribution >= 4 is 5.97 Å². The first-order valence-corrected chi connectivity index (χ1v) is 5.97. The van der Waals surface area contributed by atoms with Gasteiger partial charge in [-0.25, -0.2) is 19.7 Å². The Morgan fingerprint density at radius 1 is 1.33 bits per heavy atom. The first-order chi connectivity index (χ1) is 9.99. The fraction of sp³-hybridized carbons (Fsp3) is 0.231. The Bertz CT molecular complexity index is 794. The van der Waals surface area contributed by atoms with Crippen LogP contribution in [0.15, 0.2) is 12.5 Å². The lowest BCUT2D eigenvalue weighted by atomic mass is 10.2. The molecule has 0 bridgehead atoms. The minimum absolute atomic E-state index is 0.0370. The lowest BCUT2D eigenvalue weighted by Gasteiger charge is -2.10. The highest BCUT2D eigenvalue weighted by molar-refractivity contribution is 5.89. The third kappa shape index (κ3) is 2.42. The van der Waals surface area contributed by atoms with Gasteiger partial charge in [0, 0.05) is 5.92 Å². The summed E-state index contributed by atoms with van der Waals surface area (Å²) < 4.78 is 1.20. The van der Waals surface area contributed by atoms with E-state index in [0.29, 0.717) is 5.82 Å². The first-order valence-electron chi connectivity index (χ1n) is 5.97. The Morgan fingerprint density at radius 3 is 2.57 bits per heavy atom. The summed E-state index contributed by atoms with van der Waals surface area (Å²) in [5, 5.41) is 27.3. The molecule has 0 unspecified atom stereocenters. The molecular formula is C13H10N6O2. The van der Waals surface area contributed by atoms with Gasteiger partial charge in [0.25, 0.3) is 0 Å². The van der Waals surface area contributed by atoms with E-state index in [1.807, 2.05) is 19.9 Å². The van der Waals surface area contributed by atoms with E-state index in [-0.39, 0.29) is 28.7 Å². The maximum absolute atomic E-state index is 11.4. The van der Waals surface area contributed by atoms with Gasteiger partial charge in [0.05, 0.1) is 11.9 Å². The van der Waals surface area contributed by atoms with Gasteiger partial charge in [0.2, 0.25) is 0 Å². The molecule has 0 spiro atoms.